The van der Waals surface area contributed by atoms with Gasteiger partial charge >= 0.3 is 0 Å². The molecule has 1 heterocycles. The van der Waals surface area contributed by atoms with Crippen molar-refractivity contribution in [1.29, 1.82) is 0 Å². The van der Waals surface area contributed by atoms with E-state index in [1.54, 1.807) is 0 Å². The second-order valence-corrected chi connectivity index (χ2v) is 5.26. The highest BCUT2D eigenvalue weighted by Gasteiger charge is 2.30. The van der Waals surface area contributed by atoms with Crippen molar-refractivity contribution >= 4 is 17.3 Å². The van der Waals surface area contributed by atoms with Crippen LogP contribution in [0, 0.1) is 0 Å². The van der Waals surface area contributed by atoms with Crippen molar-refractivity contribution in [2.45, 2.75) is 18.8 Å². The molecule has 5 heteroatoms. The van der Waals surface area contributed by atoms with Gasteiger partial charge in [-0.1, -0.05) is 11.6 Å². The summed E-state index contributed by atoms with van der Waals surface area (Å²) in [4.78, 5) is 0. The van der Waals surface area contributed by atoms with E-state index in [9.17, 15) is 0 Å². The predicted molar refractivity (Wildman–Crippen MR) is 78.1 cm³/mol. The third-order valence-corrected chi connectivity index (χ3v) is 3.55. The summed E-state index contributed by atoms with van der Waals surface area (Å²) >= 11 is 5.93. The Kier molecular flexibility index (Phi) is 3.44. The molecule has 1 fully saturated rings. The Morgan fingerprint density at radius 3 is 2.68 bits per heavy atom. The molecule has 1 aromatic carbocycles. The maximum atomic E-state index is 5.93. The Morgan fingerprint density at radius 1 is 1.32 bits per heavy atom. The fourth-order valence-electron chi connectivity index (χ4n) is 2.24. The molecule has 0 atom stereocenters. The van der Waals surface area contributed by atoms with E-state index >= 15 is 0 Å². The van der Waals surface area contributed by atoms with Gasteiger partial charge in [-0.3, -0.25) is 0 Å². The van der Waals surface area contributed by atoms with Crippen LogP contribution >= 0.6 is 11.6 Å². The molecule has 0 aliphatic heterocycles. The highest BCUT2D eigenvalue weighted by Crippen LogP contribution is 2.44. The fraction of sp³-hybridized carbons (Fsp3) is 0.357. The molecule has 0 bridgehead atoms. The van der Waals surface area contributed by atoms with E-state index in [4.69, 9.17) is 17.3 Å². The molecule has 0 radical (unpaired) electrons. The summed E-state index contributed by atoms with van der Waals surface area (Å²) in [5.74, 6) is 0.610. The number of benzene rings is 1. The number of nitrogens with one attached hydrogen (secondary N) is 1. The Balaban J connectivity index is 1.96. The van der Waals surface area contributed by atoms with Gasteiger partial charge in [0, 0.05) is 24.0 Å². The molecule has 4 nitrogen and oxygen atoms in total. The van der Waals surface area contributed by atoms with Crippen LogP contribution in [0.25, 0.3) is 5.69 Å². The monoisotopic (exact) mass is 276 g/mol. The molecule has 1 aliphatic carbocycles. The number of rotatable bonds is 5. The molecule has 3 rings (SSSR count). The van der Waals surface area contributed by atoms with Gasteiger partial charge < -0.3 is 11.1 Å². The lowest BCUT2D eigenvalue weighted by atomic mass is 10.2. The fourth-order valence-corrected chi connectivity index (χ4v) is 2.36. The zero-order valence-electron chi connectivity index (χ0n) is 10.6. The second-order valence-electron chi connectivity index (χ2n) is 4.82. The van der Waals surface area contributed by atoms with E-state index in [0.29, 0.717) is 12.5 Å². The molecule has 3 N–H and O–H groups in total. The largest absolute Gasteiger partial charge is 0.381 e. The van der Waals surface area contributed by atoms with E-state index < -0.39 is 0 Å². The van der Waals surface area contributed by atoms with Crippen LogP contribution in [0.3, 0.4) is 0 Å². The van der Waals surface area contributed by atoms with Crippen molar-refractivity contribution in [2.75, 3.05) is 18.4 Å². The van der Waals surface area contributed by atoms with Gasteiger partial charge in [-0.15, -0.1) is 0 Å². The number of hydrogen-bond donors (Lipinski definition) is 2. The Labute approximate surface area is 117 Å². The first-order valence-corrected chi connectivity index (χ1v) is 6.95. The number of hydrogen-bond acceptors (Lipinski definition) is 3. The topological polar surface area (TPSA) is 55.9 Å². The van der Waals surface area contributed by atoms with Crippen molar-refractivity contribution < 1.29 is 0 Å². The minimum atomic E-state index is 0.610. The highest BCUT2D eigenvalue weighted by atomic mass is 35.5. The van der Waals surface area contributed by atoms with Crippen LogP contribution in [0.2, 0.25) is 5.02 Å². The molecule has 0 unspecified atom stereocenters. The molecular formula is C14H17ClN4. The molecule has 1 aromatic heterocycles. The smallest absolute Gasteiger partial charge is 0.0767 e. The first-order valence-electron chi connectivity index (χ1n) is 6.57. The minimum Gasteiger partial charge on any atom is -0.381 e. The summed E-state index contributed by atoms with van der Waals surface area (Å²) in [7, 11) is 0. The number of nitrogens with zero attached hydrogens (tertiary/aromatic N) is 2. The van der Waals surface area contributed by atoms with Gasteiger partial charge in [0.05, 0.1) is 23.3 Å². The lowest BCUT2D eigenvalue weighted by Gasteiger charge is -2.10. The maximum Gasteiger partial charge on any atom is 0.0767 e. The van der Waals surface area contributed by atoms with Crippen LogP contribution in [-0.4, -0.2) is 22.9 Å². The minimum absolute atomic E-state index is 0.610. The Hall–Kier alpha value is -1.52. The van der Waals surface area contributed by atoms with Gasteiger partial charge in [0.15, 0.2) is 0 Å². The lowest BCUT2D eigenvalue weighted by Crippen LogP contribution is -2.14. The van der Waals surface area contributed by atoms with Gasteiger partial charge in [-0.05, 0) is 37.1 Å². The number of anilines is 1. The number of nitrogens with two attached hydrogens (primary N) is 1. The summed E-state index contributed by atoms with van der Waals surface area (Å²) in [5.41, 5.74) is 8.96. The van der Waals surface area contributed by atoms with Crippen molar-refractivity contribution in [3.63, 3.8) is 0 Å². The quantitative estimate of drug-likeness (QED) is 0.883. The summed E-state index contributed by atoms with van der Waals surface area (Å²) in [5, 5.41) is 8.59. The summed E-state index contributed by atoms with van der Waals surface area (Å²) in [6, 6.07) is 7.77. The van der Waals surface area contributed by atoms with Crippen molar-refractivity contribution in [1.82, 2.24) is 9.78 Å². The van der Waals surface area contributed by atoms with Gasteiger partial charge in [-0.2, -0.15) is 5.10 Å². The average Bonchev–Trinajstić information content (AvgIpc) is 3.18. The normalized spacial score (nSPS) is 14.6. The van der Waals surface area contributed by atoms with Gasteiger partial charge in [-0.25, -0.2) is 4.68 Å². The van der Waals surface area contributed by atoms with Crippen LogP contribution in [0.15, 0.2) is 30.5 Å². The number of halogens is 1. The Bertz CT molecular complexity index is 557. The van der Waals surface area contributed by atoms with Crippen LogP contribution in [0.1, 0.15) is 24.5 Å². The molecular weight excluding hydrogens is 260 g/mol. The van der Waals surface area contributed by atoms with E-state index in [0.717, 1.165) is 22.9 Å². The Morgan fingerprint density at radius 2 is 2.05 bits per heavy atom. The second kappa shape index (κ2) is 5.23. The molecule has 19 heavy (non-hydrogen) atoms. The van der Waals surface area contributed by atoms with E-state index in [1.807, 2.05) is 35.1 Å². The SMILES string of the molecule is NCCNc1cnn(-c2ccc(Cl)cc2)c1C1CC1. The zero-order valence-corrected chi connectivity index (χ0v) is 11.4. The van der Waals surface area contributed by atoms with Crippen LogP contribution in [0.5, 0.6) is 0 Å². The zero-order chi connectivity index (χ0) is 13.2. The van der Waals surface area contributed by atoms with Crippen molar-refractivity contribution in [3.8, 4) is 5.69 Å². The summed E-state index contributed by atoms with van der Waals surface area (Å²) < 4.78 is 2.01. The predicted octanol–water partition coefficient (Wildman–Crippen LogP) is 2.77. The number of aromatic nitrogens is 2. The summed E-state index contributed by atoms with van der Waals surface area (Å²) in [6.07, 6.45) is 4.35. The van der Waals surface area contributed by atoms with Crippen LogP contribution in [0.4, 0.5) is 5.69 Å². The van der Waals surface area contributed by atoms with Crippen molar-refractivity contribution in [2.24, 2.45) is 5.73 Å². The van der Waals surface area contributed by atoms with Gasteiger partial charge in [0.25, 0.3) is 0 Å². The standard InChI is InChI=1S/C14H17ClN4/c15-11-3-5-12(6-4-11)19-14(10-1-2-10)13(9-18-19)17-8-7-16/h3-6,9-10,17H,1-2,7-8,16H2. The van der Waals surface area contributed by atoms with Gasteiger partial charge in [0.2, 0.25) is 0 Å². The van der Waals surface area contributed by atoms with E-state index in [2.05, 4.69) is 10.4 Å². The maximum absolute atomic E-state index is 5.93. The van der Waals surface area contributed by atoms with Crippen LogP contribution in [-0.2, 0) is 0 Å². The van der Waals surface area contributed by atoms with E-state index in [-0.39, 0.29) is 0 Å². The molecule has 100 valence electrons. The van der Waals surface area contributed by atoms with Crippen LogP contribution < -0.4 is 11.1 Å². The molecule has 0 spiro atoms. The molecule has 0 amide bonds. The average molecular weight is 277 g/mol. The molecule has 0 saturated heterocycles. The van der Waals surface area contributed by atoms with Gasteiger partial charge in [0.1, 0.15) is 0 Å². The third-order valence-electron chi connectivity index (χ3n) is 3.30. The third kappa shape index (κ3) is 2.60. The highest BCUT2D eigenvalue weighted by molar-refractivity contribution is 6.30. The molecule has 1 saturated carbocycles. The van der Waals surface area contributed by atoms with Crippen molar-refractivity contribution in [3.05, 3.63) is 41.2 Å². The lowest BCUT2D eigenvalue weighted by molar-refractivity contribution is 0.808. The summed E-state index contributed by atoms with van der Waals surface area (Å²) in [6.45, 7) is 1.39. The first-order chi connectivity index (χ1) is 9.29. The molecule has 1 aliphatic rings. The molecule has 2 aromatic rings. The first kappa shape index (κ1) is 12.5. The van der Waals surface area contributed by atoms with E-state index in [1.165, 1.54) is 18.5 Å².